The first-order valence-electron chi connectivity index (χ1n) is 5.88. The van der Waals surface area contributed by atoms with E-state index >= 15 is 0 Å². The Balaban J connectivity index is 2.63. The molecule has 1 atom stereocenters. The van der Waals surface area contributed by atoms with Crippen LogP contribution in [0.3, 0.4) is 0 Å². The van der Waals surface area contributed by atoms with E-state index in [0.29, 0.717) is 6.42 Å². The Hall–Kier alpha value is -1.31. The molecule has 1 aromatic carbocycles. The molecule has 0 aliphatic rings. The van der Waals surface area contributed by atoms with Crippen molar-refractivity contribution in [1.82, 2.24) is 5.32 Å². The molecule has 0 aromatic heterocycles. The van der Waals surface area contributed by atoms with Crippen molar-refractivity contribution in [3.63, 3.8) is 0 Å². The largest absolute Gasteiger partial charge is 0.353 e. The van der Waals surface area contributed by atoms with Gasteiger partial charge in [-0.15, -0.1) is 0 Å². The van der Waals surface area contributed by atoms with Gasteiger partial charge in [-0.3, -0.25) is 4.79 Å². The van der Waals surface area contributed by atoms with Gasteiger partial charge in [-0.05, 0) is 38.3 Å². The number of carbonyl (C=O) groups excluding carboxylic acids is 1. The monoisotopic (exact) mass is 219 g/mol. The minimum absolute atomic E-state index is 0.112. The van der Waals surface area contributed by atoms with Gasteiger partial charge in [-0.25, -0.2) is 0 Å². The number of nitrogens with one attached hydrogen (secondary N) is 1. The second kappa shape index (κ2) is 5.69. The molecule has 1 amide bonds. The summed E-state index contributed by atoms with van der Waals surface area (Å²) in [6.07, 6.45) is 1.45. The van der Waals surface area contributed by atoms with Gasteiger partial charge in [0.1, 0.15) is 0 Å². The Bertz CT molecular complexity index is 371. The normalized spacial score (nSPS) is 12.2. The maximum atomic E-state index is 11.7. The first-order valence-corrected chi connectivity index (χ1v) is 5.88. The lowest BCUT2D eigenvalue weighted by molar-refractivity contribution is -0.121. The van der Waals surface area contributed by atoms with E-state index in [0.717, 1.165) is 12.0 Å². The highest BCUT2D eigenvalue weighted by Gasteiger charge is 2.08. The molecule has 0 aliphatic carbocycles. The first kappa shape index (κ1) is 12.8. The number of aryl methyl sites for hydroxylation is 2. The molecule has 0 saturated carbocycles. The van der Waals surface area contributed by atoms with Crippen LogP contribution >= 0.6 is 0 Å². The molecule has 0 aliphatic heterocycles. The summed E-state index contributed by atoms with van der Waals surface area (Å²) >= 11 is 0. The number of hydrogen-bond acceptors (Lipinski definition) is 1. The van der Waals surface area contributed by atoms with Crippen molar-refractivity contribution in [3.05, 3.63) is 34.9 Å². The predicted molar refractivity (Wildman–Crippen MR) is 67.5 cm³/mol. The highest BCUT2D eigenvalue weighted by Crippen LogP contribution is 2.11. The molecule has 0 bridgehead atoms. The van der Waals surface area contributed by atoms with E-state index in [2.05, 4.69) is 38.2 Å². The van der Waals surface area contributed by atoms with Crippen LogP contribution in [0.1, 0.15) is 37.0 Å². The minimum atomic E-state index is 0.112. The fraction of sp³-hybridized carbons (Fsp3) is 0.500. The Labute approximate surface area is 98.1 Å². The summed E-state index contributed by atoms with van der Waals surface area (Å²) in [5, 5.41) is 2.98. The zero-order chi connectivity index (χ0) is 12.1. The Morgan fingerprint density at radius 3 is 2.62 bits per heavy atom. The average molecular weight is 219 g/mol. The number of rotatable bonds is 4. The molecule has 0 unspecified atom stereocenters. The van der Waals surface area contributed by atoms with Gasteiger partial charge >= 0.3 is 0 Å². The van der Waals surface area contributed by atoms with Crippen LogP contribution in [0.2, 0.25) is 0 Å². The molecule has 16 heavy (non-hydrogen) atoms. The van der Waals surface area contributed by atoms with E-state index in [1.807, 2.05) is 13.0 Å². The highest BCUT2D eigenvalue weighted by molar-refractivity contribution is 5.79. The molecule has 88 valence electrons. The number of hydrogen-bond donors (Lipinski definition) is 1. The van der Waals surface area contributed by atoms with Gasteiger partial charge in [-0.2, -0.15) is 0 Å². The Morgan fingerprint density at radius 1 is 1.38 bits per heavy atom. The third-order valence-electron chi connectivity index (χ3n) is 2.87. The average Bonchev–Trinajstić information content (AvgIpc) is 2.22. The first-order chi connectivity index (χ1) is 7.52. The second-order valence-electron chi connectivity index (χ2n) is 4.48. The summed E-state index contributed by atoms with van der Waals surface area (Å²) in [7, 11) is 0. The van der Waals surface area contributed by atoms with Crippen molar-refractivity contribution in [2.75, 3.05) is 0 Å². The lowest BCUT2D eigenvalue weighted by Gasteiger charge is -2.12. The smallest absolute Gasteiger partial charge is 0.224 e. The van der Waals surface area contributed by atoms with Gasteiger partial charge in [0.05, 0.1) is 6.42 Å². The molecule has 0 spiro atoms. The second-order valence-corrected chi connectivity index (χ2v) is 4.48. The molecular weight excluding hydrogens is 198 g/mol. The van der Waals surface area contributed by atoms with E-state index in [1.54, 1.807) is 0 Å². The third-order valence-corrected chi connectivity index (χ3v) is 2.87. The number of benzene rings is 1. The van der Waals surface area contributed by atoms with E-state index in [1.165, 1.54) is 11.1 Å². The van der Waals surface area contributed by atoms with Crippen LogP contribution in [0.4, 0.5) is 0 Å². The maximum Gasteiger partial charge on any atom is 0.224 e. The van der Waals surface area contributed by atoms with Crippen LogP contribution in [0.5, 0.6) is 0 Å². The number of amides is 1. The molecule has 2 nitrogen and oxygen atoms in total. The topological polar surface area (TPSA) is 29.1 Å². The third kappa shape index (κ3) is 3.69. The van der Waals surface area contributed by atoms with Crippen molar-refractivity contribution in [2.45, 2.75) is 46.6 Å². The predicted octanol–water partition coefficient (Wildman–Crippen LogP) is 2.76. The van der Waals surface area contributed by atoms with E-state index < -0.39 is 0 Å². The summed E-state index contributed by atoms with van der Waals surface area (Å²) in [6.45, 7) is 8.22. The lowest BCUT2D eigenvalue weighted by atomic mass is 10.0. The van der Waals surface area contributed by atoms with E-state index in [-0.39, 0.29) is 11.9 Å². The molecule has 1 rings (SSSR count). The standard InChI is InChI=1S/C14H21NO/c1-5-12(4)15-14(16)9-13-7-6-10(2)8-11(13)3/h6-8,12H,5,9H2,1-4H3,(H,15,16)/t12-/m1/s1. The van der Waals surface area contributed by atoms with Gasteiger partial charge in [0, 0.05) is 6.04 Å². The molecule has 0 heterocycles. The van der Waals surface area contributed by atoms with Gasteiger partial charge in [0.25, 0.3) is 0 Å². The van der Waals surface area contributed by atoms with Crippen molar-refractivity contribution in [1.29, 1.82) is 0 Å². The van der Waals surface area contributed by atoms with Crippen molar-refractivity contribution in [3.8, 4) is 0 Å². The number of carbonyl (C=O) groups is 1. The zero-order valence-electron chi connectivity index (χ0n) is 10.6. The SMILES string of the molecule is CC[C@@H](C)NC(=O)Cc1ccc(C)cc1C. The van der Waals surface area contributed by atoms with Crippen LogP contribution in [0.25, 0.3) is 0 Å². The fourth-order valence-corrected chi connectivity index (χ4v) is 1.65. The molecular formula is C14H21NO. The van der Waals surface area contributed by atoms with Crippen LogP contribution in [0, 0.1) is 13.8 Å². The lowest BCUT2D eigenvalue weighted by Crippen LogP contribution is -2.33. The van der Waals surface area contributed by atoms with Crippen LogP contribution < -0.4 is 5.32 Å². The summed E-state index contributed by atoms with van der Waals surface area (Å²) in [6, 6.07) is 6.48. The van der Waals surface area contributed by atoms with Gasteiger partial charge in [-0.1, -0.05) is 30.7 Å². The van der Waals surface area contributed by atoms with E-state index in [4.69, 9.17) is 0 Å². The molecule has 0 radical (unpaired) electrons. The molecule has 1 aromatic rings. The fourth-order valence-electron chi connectivity index (χ4n) is 1.65. The molecule has 1 N–H and O–H groups in total. The Morgan fingerprint density at radius 2 is 2.06 bits per heavy atom. The summed E-state index contributed by atoms with van der Waals surface area (Å²) < 4.78 is 0. The van der Waals surface area contributed by atoms with Crippen LogP contribution in [0.15, 0.2) is 18.2 Å². The van der Waals surface area contributed by atoms with Crippen molar-refractivity contribution >= 4 is 5.91 Å². The molecule has 0 saturated heterocycles. The van der Waals surface area contributed by atoms with Gasteiger partial charge in [0.15, 0.2) is 0 Å². The quantitative estimate of drug-likeness (QED) is 0.829. The minimum Gasteiger partial charge on any atom is -0.353 e. The highest BCUT2D eigenvalue weighted by atomic mass is 16.1. The molecule has 0 fully saturated rings. The summed E-state index contributed by atoms with van der Waals surface area (Å²) in [5.74, 6) is 0.112. The van der Waals surface area contributed by atoms with E-state index in [9.17, 15) is 4.79 Å². The van der Waals surface area contributed by atoms with Crippen LogP contribution in [-0.4, -0.2) is 11.9 Å². The molecule has 2 heteroatoms. The van der Waals surface area contributed by atoms with Gasteiger partial charge < -0.3 is 5.32 Å². The van der Waals surface area contributed by atoms with Crippen molar-refractivity contribution < 1.29 is 4.79 Å². The van der Waals surface area contributed by atoms with Crippen molar-refractivity contribution in [2.24, 2.45) is 0 Å². The summed E-state index contributed by atoms with van der Waals surface area (Å²) in [5.41, 5.74) is 3.55. The zero-order valence-corrected chi connectivity index (χ0v) is 10.6. The maximum absolute atomic E-state index is 11.7. The summed E-state index contributed by atoms with van der Waals surface area (Å²) in [4.78, 5) is 11.7. The van der Waals surface area contributed by atoms with Crippen LogP contribution in [-0.2, 0) is 11.2 Å². The Kier molecular flexibility index (Phi) is 4.53. The van der Waals surface area contributed by atoms with Gasteiger partial charge in [0.2, 0.25) is 5.91 Å².